The maximum atomic E-state index is 4.65. The molecule has 0 saturated heterocycles. The fraction of sp³-hybridized carbons (Fsp3) is 0.462. The fourth-order valence-corrected chi connectivity index (χ4v) is 1.86. The van der Waals surface area contributed by atoms with E-state index in [-0.39, 0.29) is 6.04 Å². The molecule has 0 aliphatic heterocycles. The molecule has 16 heavy (non-hydrogen) atoms. The third-order valence-corrected chi connectivity index (χ3v) is 2.84. The summed E-state index contributed by atoms with van der Waals surface area (Å²) < 4.78 is 0. The molecule has 2 rings (SSSR count). The van der Waals surface area contributed by atoms with E-state index in [9.17, 15) is 0 Å². The predicted molar refractivity (Wildman–Crippen MR) is 67.5 cm³/mol. The van der Waals surface area contributed by atoms with Crippen LogP contribution in [0.4, 0.5) is 0 Å². The van der Waals surface area contributed by atoms with E-state index in [2.05, 4.69) is 54.3 Å². The average molecular weight is 217 g/mol. The van der Waals surface area contributed by atoms with Crippen LogP contribution in [0.2, 0.25) is 0 Å². The van der Waals surface area contributed by atoms with Gasteiger partial charge in [0.05, 0.1) is 17.1 Å². The van der Waals surface area contributed by atoms with E-state index >= 15 is 0 Å². The molecule has 3 heteroatoms. The number of nitrogens with one attached hydrogen (secondary N) is 2. The van der Waals surface area contributed by atoms with Crippen LogP contribution in [0.5, 0.6) is 0 Å². The number of H-pyrrole nitrogens is 1. The van der Waals surface area contributed by atoms with Gasteiger partial charge < -0.3 is 10.3 Å². The first kappa shape index (κ1) is 11.1. The summed E-state index contributed by atoms with van der Waals surface area (Å²) in [6.07, 6.45) is 1.14. The highest BCUT2D eigenvalue weighted by Gasteiger charge is 2.10. The summed E-state index contributed by atoms with van der Waals surface area (Å²) in [5, 5.41) is 3.44. The van der Waals surface area contributed by atoms with E-state index in [1.807, 2.05) is 0 Å². The van der Waals surface area contributed by atoms with Crippen molar-refractivity contribution in [2.24, 2.45) is 0 Å². The number of hydrogen-bond acceptors (Lipinski definition) is 2. The molecule has 1 aromatic heterocycles. The molecule has 1 aromatic carbocycles. The number of aromatic amines is 1. The topological polar surface area (TPSA) is 40.7 Å². The van der Waals surface area contributed by atoms with E-state index in [4.69, 9.17) is 0 Å². The van der Waals surface area contributed by atoms with Crippen molar-refractivity contribution >= 4 is 11.0 Å². The molecule has 0 aliphatic rings. The number of hydrogen-bond donors (Lipinski definition) is 2. The van der Waals surface area contributed by atoms with E-state index < -0.39 is 0 Å². The summed E-state index contributed by atoms with van der Waals surface area (Å²) in [5.41, 5.74) is 3.44. The van der Waals surface area contributed by atoms with Crippen molar-refractivity contribution in [3.05, 3.63) is 29.6 Å². The molecule has 86 valence electrons. The normalized spacial score (nSPS) is 13.2. The smallest absolute Gasteiger partial charge is 0.124 e. The van der Waals surface area contributed by atoms with Crippen LogP contribution in [-0.2, 0) is 0 Å². The van der Waals surface area contributed by atoms with Gasteiger partial charge in [-0.05, 0) is 38.4 Å². The molecule has 0 bridgehead atoms. The van der Waals surface area contributed by atoms with Crippen molar-refractivity contribution in [1.82, 2.24) is 15.3 Å². The van der Waals surface area contributed by atoms with Gasteiger partial charge >= 0.3 is 0 Å². The summed E-state index contributed by atoms with van der Waals surface area (Å²) in [4.78, 5) is 8.02. The van der Waals surface area contributed by atoms with Gasteiger partial charge in [-0.3, -0.25) is 0 Å². The van der Waals surface area contributed by atoms with Crippen LogP contribution >= 0.6 is 0 Å². The lowest BCUT2D eigenvalue weighted by Crippen LogP contribution is -2.20. The quantitative estimate of drug-likeness (QED) is 0.826. The third kappa shape index (κ3) is 2.09. The monoisotopic (exact) mass is 217 g/mol. The van der Waals surface area contributed by atoms with Gasteiger partial charge in [-0.15, -0.1) is 0 Å². The standard InChI is InChI=1S/C13H19N3/c1-4-8-14-10(3)13-15-11-7-5-6-9(2)12(11)16-13/h5-7,10,14H,4,8H2,1-3H3,(H,15,16). The molecule has 0 radical (unpaired) electrons. The number of benzene rings is 1. The summed E-state index contributed by atoms with van der Waals surface area (Å²) >= 11 is 0. The van der Waals surface area contributed by atoms with Crippen LogP contribution in [0.25, 0.3) is 11.0 Å². The lowest BCUT2D eigenvalue weighted by Gasteiger charge is -2.09. The molecule has 1 atom stereocenters. The zero-order chi connectivity index (χ0) is 11.5. The number of nitrogens with zero attached hydrogens (tertiary/aromatic N) is 1. The molecule has 2 N–H and O–H groups in total. The van der Waals surface area contributed by atoms with Gasteiger partial charge in [0.25, 0.3) is 0 Å². The Labute approximate surface area is 96.3 Å². The Hall–Kier alpha value is -1.35. The van der Waals surface area contributed by atoms with Crippen LogP contribution in [0.15, 0.2) is 18.2 Å². The van der Waals surface area contributed by atoms with Crippen molar-refractivity contribution in [2.45, 2.75) is 33.2 Å². The summed E-state index contributed by atoms with van der Waals surface area (Å²) in [6.45, 7) is 7.43. The first-order valence-electron chi connectivity index (χ1n) is 5.91. The second-order valence-electron chi connectivity index (χ2n) is 4.27. The van der Waals surface area contributed by atoms with E-state index in [1.54, 1.807) is 0 Å². The van der Waals surface area contributed by atoms with Crippen LogP contribution in [-0.4, -0.2) is 16.5 Å². The van der Waals surface area contributed by atoms with Gasteiger partial charge in [0.2, 0.25) is 0 Å². The predicted octanol–water partition coefficient (Wildman–Crippen LogP) is 2.93. The minimum atomic E-state index is 0.284. The van der Waals surface area contributed by atoms with Gasteiger partial charge in [0, 0.05) is 0 Å². The molecular formula is C13H19N3. The Morgan fingerprint density at radius 1 is 1.44 bits per heavy atom. The minimum Gasteiger partial charge on any atom is -0.341 e. The molecule has 2 aromatic rings. The maximum Gasteiger partial charge on any atom is 0.124 e. The fourth-order valence-electron chi connectivity index (χ4n) is 1.86. The molecule has 0 amide bonds. The van der Waals surface area contributed by atoms with Gasteiger partial charge in [-0.25, -0.2) is 4.98 Å². The van der Waals surface area contributed by atoms with Gasteiger partial charge in [0.1, 0.15) is 5.82 Å². The van der Waals surface area contributed by atoms with Crippen molar-refractivity contribution in [2.75, 3.05) is 6.54 Å². The molecule has 0 fully saturated rings. The van der Waals surface area contributed by atoms with Crippen molar-refractivity contribution in [3.8, 4) is 0 Å². The van der Waals surface area contributed by atoms with E-state index in [1.165, 1.54) is 5.56 Å². The third-order valence-electron chi connectivity index (χ3n) is 2.84. The first-order valence-corrected chi connectivity index (χ1v) is 5.91. The van der Waals surface area contributed by atoms with Crippen LogP contribution in [0, 0.1) is 6.92 Å². The molecule has 1 unspecified atom stereocenters. The van der Waals surface area contributed by atoms with Crippen molar-refractivity contribution in [3.63, 3.8) is 0 Å². The Balaban J connectivity index is 2.29. The number of para-hydroxylation sites is 1. The van der Waals surface area contributed by atoms with Crippen molar-refractivity contribution < 1.29 is 0 Å². The Kier molecular flexibility index (Phi) is 3.25. The summed E-state index contributed by atoms with van der Waals surface area (Å²) in [7, 11) is 0. The largest absolute Gasteiger partial charge is 0.341 e. The SMILES string of the molecule is CCCNC(C)c1nc2c(C)cccc2[nH]1. The van der Waals surface area contributed by atoms with Gasteiger partial charge in [-0.2, -0.15) is 0 Å². The highest BCUT2D eigenvalue weighted by molar-refractivity contribution is 5.78. The van der Waals surface area contributed by atoms with Crippen LogP contribution in [0.1, 0.15) is 37.7 Å². The van der Waals surface area contributed by atoms with E-state index in [0.29, 0.717) is 0 Å². The second kappa shape index (κ2) is 4.66. The van der Waals surface area contributed by atoms with Crippen LogP contribution in [0.3, 0.4) is 0 Å². The minimum absolute atomic E-state index is 0.284. The number of aryl methyl sites for hydroxylation is 1. The lowest BCUT2D eigenvalue weighted by atomic mass is 10.2. The molecule has 1 heterocycles. The van der Waals surface area contributed by atoms with Crippen molar-refractivity contribution in [1.29, 1.82) is 0 Å². The number of imidazole rings is 1. The van der Waals surface area contributed by atoms with Gasteiger partial charge in [-0.1, -0.05) is 19.1 Å². The Morgan fingerprint density at radius 2 is 2.25 bits per heavy atom. The highest BCUT2D eigenvalue weighted by Crippen LogP contribution is 2.18. The van der Waals surface area contributed by atoms with Crippen LogP contribution < -0.4 is 5.32 Å². The number of fused-ring (bicyclic) bond motifs is 1. The molecule has 0 aliphatic carbocycles. The molecular weight excluding hydrogens is 198 g/mol. The molecule has 0 saturated carbocycles. The summed E-state index contributed by atoms with van der Waals surface area (Å²) in [6, 6.07) is 6.51. The molecule has 3 nitrogen and oxygen atoms in total. The van der Waals surface area contributed by atoms with E-state index in [0.717, 1.165) is 29.8 Å². The second-order valence-corrected chi connectivity index (χ2v) is 4.27. The Bertz CT molecular complexity index is 473. The zero-order valence-corrected chi connectivity index (χ0v) is 10.2. The zero-order valence-electron chi connectivity index (χ0n) is 10.2. The average Bonchev–Trinajstić information content (AvgIpc) is 2.71. The highest BCUT2D eigenvalue weighted by atomic mass is 15.0. The maximum absolute atomic E-state index is 4.65. The molecule has 0 spiro atoms. The lowest BCUT2D eigenvalue weighted by molar-refractivity contribution is 0.550. The number of aromatic nitrogens is 2. The Morgan fingerprint density at radius 3 is 2.94 bits per heavy atom. The summed E-state index contributed by atoms with van der Waals surface area (Å²) in [5.74, 6) is 1.03. The first-order chi connectivity index (χ1) is 7.72. The van der Waals surface area contributed by atoms with Gasteiger partial charge in [0.15, 0.2) is 0 Å². The number of rotatable bonds is 4.